The van der Waals surface area contributed by atoms with Crippen molar-refractivity contribution < 1.29 is 14.3 Å². The Morgan fingerprint density at radius 3 is 1.96 bits per heavy atom. The van der Waals surface area contributed by atoms with Gasteiger partial charge >= 0.3 is 0 Å². The first-order chi connectivity index (χ1) is 13.3. The molecule has 3 nitrogen and oxygen atoms in total. The Hall–Kier alpha value is -1.72. The summed E-state index contributed by atoms with van der Waals surface area (Å²) in [5.41, 5.74) is 0. The summed E-state index contributed by atoms with van der Waals surface area (Å²) in [6.07, 6.45) is 4.06. The SMILES string of the molecule is CC(C[C@H]1C=C[C@H](O)CO1)O[Si](c1ccccc1)(c1ccccc1)C(C)(C)C. The second kappa shape index (κ2) is 8.74. The predicted molar refractivity (Wildman–Crippen MR) is 118 cm³/mol. The Morgan fingerprint density at radius 1 is 1.00 bits per heavy atom. The van der Waals surface area contributed by atoms with Crippen molar-refractivity contribution in [3.8, 4) is 0 Å². The first-order valence-corrected chi connectivity index (χ1v) is 12.0. The Labute approximate surface area is 170 Å². The summed E-state index contributed by atoms with van der Waals surface area (Å²) in [6.45, 7) is 9.37. The minimum Gasteiger partial charge on any atom is -0.405 e. The molecule has 0 radical (unpaired) electrons. The van der Waals surface area contributed by atoms with E-state index in [1.165, 1.54) is 10.4 Å². The van der Waals surface area contributed by atoms with Gasteiger partial charge < -0.3 is 14.3 Å². The summed E-state index contributed by atoms with van der Waals surface area (Å²) >= 11 is 0. The average molecular weight is 397 g/mol. The number of ether oxygens (including phenoxy) is 1. The second-order valence-electron chi connectivity index (χ2n) is 8.65. The molecule has 0 aliphatic carbocycles. The van der Waals surface area contributed by atoms with Crippen LogP contribution in [0.4, 0.5) is 0 Å². The molecule has 0 amide bonds. The molecular weight excluding hydrogens is 364 g/mol. The predicted octanol–water partition coefficient (Wildman–Crippen LogP) is 3.66. The van der Waals surface area contributed by atoms with Crippen molar-refractivity contribution in [3.63, 3.8) is 0 Å². The Bertz CT molecular complexity index is 728. The molecule has 0 bridgehead atoms. The minimum absolute atomic E-state index is 0.0170. The Balaban J connectivity index is 1.97. The van der Waals surface area contributed by atoms with Crippen molar-refractivity contribution in [2.24, 2.45) is 0 Å². The standard InChI is InChI=1S/C24H32O3Si/c1-19(17-21-16-15-20(25)18-26-21)27-28(24(2,3)4,22-11-7-5-8-12-22)23-13-9-6-10-14-23/h5-16,19-21,25H,17-18H2,1-4H3/t19?,20-,21+/m0/s1. The maximum Gasteiger partial charge on any atom is 0.261 e. The van der Waals surface area contributed by atoms with Gasteiger partial charge in [-0.05, 0) is 22.3 Å². The number of aliphatic hydroxyl groups excluding tert-OH is 1. The molecular formula is C24H32O3Si. The molecule has 0 spiro atoms. The third-order valence-corrected chi connectivity index (χ3v) is 10.5. The molecule has 150 valence electrons. The number of hydrogen-bond acceptors (Lipinski definition) is 3. The van der Waals surface area contributed by atoms with Crippen molar-refractivity contribution >= 4 is 18.7 Å². The van der Waals surface area contributed by atoms with Gasteiger partial charge in [0, 0.05) is 12.5 Å². The van der Waals surface area contributed by atoms with Gasteiger partial charge in [0.25, 0.3) is 8.32 Å². The van der Waals surface area contributed by atoms with Crippen molar-refractivity contribution in [3.05, 3.63) is 72.8 Å². The fourth-order valence-corrected chi connectivity index (χ4v) is 8.82. The van der Waals surface area contributed by atoms with E-state index in [4.69, 9.17) is 9.16 Å². The highest BCUT2D eigenvalue weighted by Crippen LogP contribution is 2.38. The van der Waals surface area contributed by atoms with Gasteiger partial charge in [0.15, 0.2) is 0 Å². The van der Waals surface area contributed by atoms with Crippen molar-refractivity contribution in [2.45, 2.75) is 57.5 Å². The molecule has 28 heavy (non-hydrogen) atoms. The number of benzene rings is 2. The van der Waals surface area contributed by atoms with Crippen molar-refractivity contribution in [2.75, 3.05) is 6.61 Å². The van der Waals surface area contributed by atoms with Gasteiger partial charge in [-0.25, -0.2) is 0 Å². The van der Waals surface area contributed by atoms with E-state index in [0.717, 1.165) is 6.42 Å². The van der Waals surface area contributed by atoms with Crippen LogP contribution in [-0.4, -0.2) is 38.3 Å². The van der Waals surface area contributed by atoms with Crippen LogP contribution in [0.3, 0.4) is 0 Å². The molecule has 1 aliphatic heterocycles. The summed E-state index contributed by atoms with van der Waals surface area (Å²) in [5.74, 6) is 0. The van der Waals surface area contributed by atoms with Crippen LogP contribution in [0.1, 0.15) is 34.1 Å². The van der Waals surface area contributed by atoms with Gasteiger partial charge in [-0.1, -0.05) is 93.6 Å². The average Bonchev–Trinajstić information content (AvgIpc) is 2.68. The number of hydrogen-bond donors (Lipinski definition) is 1. The van der Waals surface area contributed by atoms with Crippen LogP contribution in [0.15, 0.2) is 72.8 Å². The molecule has 1 heterocycles. The summed E-state index contributed by atoms with van der Waals surface area (Å²) in [5, 5.41) is 12.2. The molecule has 0 fully saturated rings. The normalized spacial score (nSPS) is 21.5. The molecule has 1 N–H and O–H groups in total. The summed E-state index contributed by atoms with van der Waals surface area (Å²) in [6, 6.07) is 21.4. The molecule has 2 aromatic carbocycles. The van der Waals surface area contributed by atoms with Gasteiger partial charge in [-0.15, -0.1) is 0 Å². The second-order valence-corrected chi connectivity index (χ2v) is 12.9. The van der Waals surface area contributed by atoms with Gasteiger partial charge in [0.2, 0.25) is 0 Å². The lowest BCUT2D eigenvalue weighted by atomic mass is 10.1. The summed E-state index contributed by atoms with van der Waals surface area (Å²) in [7, 11) is -2.54. The highest BCUT2D eigenvalue weighted by molar-refractivity contribution is 6.99. The van der Waals surface area contributed by atoms with E-state index in [0.29, 0.717) is 6.61 Å². The highest BCUT2D eigenvalue weighted by Gasteiger charge is 2.51. The van der Waals surface area contributed by atoms with Gasteiger partial charge in [0.05, 0.1) is 18.8 Å². The van der Waals surface area contributed by atoms with Crippen molar-refractivity contribution in [1.29, 1.82) is 0 Å². The summed E-state index contributed by atoms with van der Waals surface area (Å²) < 4.78 is 12.8. The maximum absolute atomic E-state index is 9.62. The zero-order valence-corrected chi connectivity index (χ0v) is 18.3. The van der Waals surface area contributed by atoms with E-state index >= 15 is 0 Å². The molecule has 0 saturated carbocycles. The van der Waals surface area contributed by atoms with Crippen LogP contribution in [-0.2, 0) is 9.16 Å². The molecule has 4 heteroatoms. The monoisotopic (exact) mass is 396 g/mol. The molecule has 1 aliphatic rings. The molecule has 0 saturated heterocycles. The quantitative estimate of drug-likeness (QED) is 0.598. The van der Waals surface area contributed by atoms with Gasteiger partial charge in [-0.2, -0.15) is 0 Å². The third-order valence-electron chi connectivity index (χ3n) is 5.39. The molecule has 3 atom stereocenters. The molecule has 3 rings (SSSR count). The smallest absolute Gasteiger partial charge is 0.261 e. The van der Waals surface area contributed by atoms with E-state index in [2.05, 4.69) is 88.4 Å². The van der Waals surface area contributed by atoms with E-state index in [-0.39, 0.29) is 17.2 Å². The first-order valence-electron chi connectivity index (χ1n) is 10.1. The largest absolute Gasteiger partial charge is 0.405 e. The minimum atomic E-state index is -2.54. The zero-order chi connectivity index (χ0) is 20.2. The van der Waals surface area contributed by atoms with Crippen LogP contribution in [0.2, 0.25) is 5.04 Å². The topological polar surface area (TPSA) is 38.7 Å². The van der Waals surface area contributed by atoms with E-state index < -0.39 is 14.4 Å². The highest BCUT2D eigenvalue weighted by atomic mass is 28.4. The van der Waals surface area contributed by atoms with Crippen LogP contribution in [0, 0.1) is 0 Å². The first kappa shape index (κ1) is 21.0. The van der Waals surface area contributed by atoms with Crippen LogP contribution in [0.25, 0.3) is 0 Å². The van der Waals surface area contributed by atoms with Gasteiger partial charge in [-0.3, -0.25) is 0 Å². The lowest BCUT2D eigenvalue weighted by Gasteiger charge is -2.45. The fourth-order valence-electron chi connectivity index (χ4n) is 4.10. The van der Waals surface area contributed by atoms with Crippen molar-refractivity contribution in [1.82, 2.24) is 0 Å². The van der Waals surface area contributed by atoms with Crippen LogP contribution < -0.4 is 10.4 Å². The van der Waals surface area contributed by atoms with E-state index in [1.54, 1.807) is 0 Å². The number of aliphatic hydroxyl groups is 1. The van der Waals surface area contributed by atoms with Gasteiger partial charge in [0.1, 0.15) is 0 Å². The van der Waals surface area contributed by atoms with Crippen LogP contribution in [0.5, 0.6) is 0 Å². The fraction of sp³-hybridized carbons (Fsp3) is 0.417. The number of rotatable bonds is 6. The lowest BCUT2D eigenvalue weighted by molar-refractivity contribution is -0.00247. The lowest BCUT2D eigenvalue weighted by Crippen LogP contribution is -2.67. The Morgan fingerprint density at radius 2 is 1.54 bits per heavy atom. The molecule has 1 unspecified atom stereocenters. The molecule has 0 aromatic heterocycles. The third kappa shape index (κ3) is 4.46. The van der Waals surface area contributed by atoms with E-state index in [1.807, 2.05) is 12.2 Å². The molecule has 2 aromatic rings. The van der Waals surface area contributed by atoms with Crippen LogP contribution >= 0.6 is 0 Å². The maximum atomic E-state index is 9.62. The Kier molecular flexibility index (Phi) is 6.56. The van der Waals surface area contributed by atoms with E-state index in [9.17, 15) is 5.11 Å². The summed E-state index contributed by atoms with van der Waals surface area (Å²) in [4.78, 5) is 0. The zero-order valence-electron chi connectivity index (χ0n) is 17.3.